The van der Waals surface area contributed by atoms with Gasteiger partial charge in [-0.15, -0.1) is 0 Å². The number of furan rings is 1. The van der Waals surface area contributed by atoms with Crippen molar-refractivity contribution in [2.24, 2.45) is 0 Å². The Morgan fingerprint density at radius 2 is 2.53 bits per heavy atom. The molecule has 0 saturated carbocycles. The predicted octanol–water partition coefficient (Wildman–Crippen LogP) is 0.946. The van der Waals surface area contributed by atoms with Crippen molar-refractivity contribution in [3.8, 4) is 0 Å². The predicted molar refractivity (Wildman–Crippen MR) is 62.3 cm³/mol. The van der Waals surface area contributed by atoms with Gasteiger partial charge in [0, 0.05) is 12.5 Å². The highest BCUT2D eigenvalue weighted by atomic mass is 16.3. The third-order valence-corrected chi connectivity index (χ3v) is 2.38. The fourth-order valence-electron chi connectivity index (χ4n) is 1.56. The minimum absolute atomic E-state index is 0.0389. The number of aromatic amines is 1. The highest BCUT2D eigenvalue weighted by molar-refractivity contribution is 5.98. The van der Waals surface area contributed by atoms with Gasteiger partial charge < -0.3 is 15.5 Å². The molecule has 0 aliphatic carbocycles. The molecule has 0 fully saturated rings. The Bertz CT molecular complexity index is 489. The average molecular weight is 234 g/mol. The SMILES string of the molecule is CC(Cc1ccco1)NC(=O)c1cn[nH]c1N. The van der Waals surface area contributed by atoms with Crippen molar-refractivity contribution >= 4 is 11.7 Å². The van der Waals surface area contributed by atoms with Gasteiger partial charge in [0.15, 0.2) is 0 Å². The van der Waals surface area contributed by atoms with Crippen LogP contribution in [0.15, 0.2) is 29.0 Å². The van der Waals surface area contributed by atoms with E-state index < -0.39 is 0 Å². The molecule has 0 aliphatic heterocycles. The second-order valence-electron chi connectivity index (χ2n) is 3.86. The summed E-state index contributed by atoms with van der Waals surface area (Å²) in [6.07, 6.45) is 3.65. The van der Waals surface area contributed by atoms with Crippen molar-refractivity contribution < 1.29 is 9.21 Å². The normalized spacial score (nSPS) is 12.3. The van der Waals surface area contributed by atoms with Crippen LogP contribution in [0.2, 0.25) is 0 Å². The van der Waals surface area contributed by atoms with E-state index in [-0.39, 0.29) is 17.8 Å². The van der Waals surface area contributed by atoms with Gasteiger partial charge in [-0.05, 0) is 19.1 Å². The number of nitrogens with one attached hydrogen (secondary N) is 2. The van der Waals surface area contributed by atoms with Gasteiger partial charge in [0.25, 0.3) is 5.91 Å². The Hall–Kier alpha value is -2.24. The number of nitrogens with zero attached hydrogens (tertiary/aromatic N) is 1. The number of amides is 1. The van der Waals surface area contributed by atoms with Crippen LogP contribution in [-0.2, 0) is 6.42 Å². The van der Waals surface area contributed by atoms with E-state index in [0.29, 0.717) is 12.0 Å². The molecule has 1 amide bonds. The van der Waals surface area contributed by atoms with Crippen molar-refractivity contribution in [3.63, 3.8) is 0 Å². The Kier molecular flexibility index (Phi) is 3.13. The number of anilines is 1. The molecule has 0 bridgehead atoms. The summed E-state index contributed by atoms with van der Waals surface area (Å²) >= 11 is 0. The lowest BCUT2D eigenvalue weighted by molar-refractivity contribution is 0.0940. The monoisotopic (exact) mass is 234 g/mol. The van der Waals surface area contributed by atoms with Gasteiger partial charge in [0.2, 0.25) is 0 Å². The van der Waals surface area contributed by atoms with Crippen LogP contribution in [0.1, 0.15) is 23.0 Å². The molecule has 6 nitrogen and oxygen atoms in total. The van der Waals surface area contributed by atoms with Crippen LogP contribution in [-0.4, -0.2) is 22.1 Å². The number of nitrogens with two attached hydrogens (primary N) is 1. The molecule has 0 saturated heterocycles. The number of nitrogen functional groups attached to an aromatic ring is 1. The van der Waals surface area contributed by atoms with Crippen LogP contribution in [0.3, 0.4) is 0 Å². The van der Waals surface area contributed by atoms with Gasteiger partial charge in [0.1, 0.15) is 17.1 Å². The summed E-state index contributed by atoms with van der Waals surface area (Å²) in [5, 5.41) is 9.04. The quantitative estimate of drug-likeness (QED) is 0.733. The molecular weight excluding hydrogens is 220 g/mol. The van der Waals surface area contributed by atoms with E-state index in [9.17, 15) is 4.79 Å². The van der Waals surface area contributed by atoms with Crippen molar-refractivity contribution in [2.75, 3.05) is 5.73 Å². The maximum Gasteiger partial charge on any atom is 0.256 e. The third kappa shape index (κ3) is 2.66. The van der Waals surface area contributed by atoms with Crippen LogP contribution >= 0.6 is 0 Å². The maximum absolute atomic E-state index is 11.8. The van der Waals surface area contributed by atoms with E-state index in [0.717, 1.165) is 5.76 Å². The molecule has 17 heavy (non-hydrogen) atoms. The lowest BCUT2D eigenvalue weighted by Crippen LogP contribution is -2.34. The summed E-state index contributed by atoms with van der Waals surface area (Å²) in [5.41, 5.74) is 5.91. The third-order valence-electron chi connectivity index (χ3n) is 2.38. The lowest BCUT2D eigenvalue weighted by Gasteiger charge is -2.11. The smallest absolute Gasteiger partial charge is 0.256 e. The van der Waals surface area contributed by atoms with E-state index in [4.69, 9.17) is 10.2 Å². The Morgan fingerprint density at radius 3 is 3.12 bits per heavy atom. The largest absolute Gasteiger partial charge is 0.469 e. The molecule has 0 spiro atoms. The lowest BCUT2D eigenvalue weighted by atomic mass is 10.2. The van der Waals surface area contributed by atoms with E-state index in [1.165, 1.54) is 6.20 Å². The molecule has 6 heteroatoms. The van der Waals surface area contributed by atoms with Crippen LogP contribution in [0, 0.1) is 0 Å². The van der Waals surface area contributed by atoms with E-state index in [1.54, 1.807) is 6.26 Å². The van der Waals surface area contributed by atoms with Gasteiger partial charge in [-0.1, -0.05) is 0 Å². The number of rotatable bonds is 4. The molecule has 90 valence electrons. The van der Waals surface area contributed by atoms with Crippen molar-refractivity contribution in [2.45, 2.75) is 19.4 Å². The molecule has 1 atom stereocenters. The summed E-state index contributed by atoms with van der Waals surface area (Å²) in [7, 11) is 0. The number of hydrogen-bond donors (Lipinski definition) is 3. The molecular formula is C11H14N4O2. The minimum Gasteiger partial charge on any atom is -0.469 e. The fourth-order valence-corrected chi connectivity index (χ4v) is 1.56. The minimum atomic E-state index is -0.240. The van der Waals surface area contributed by atoms with Crippen molar-refractivity contribution in [1.82, 2.24) is 15.5 Å². The van der Waals surface area contributed by atoms with Gasteiger partial charge in [0.05, 0.1) is 12.5 Å². The summed E-state index contributed by atoms with van der Waals surface area (Å²) in [4.78, 5) is 11.8. The highest BCUT2D eigenvalue weighted by Gasteiger charge is 2.14. The molecule has 0 aromatic carbocycles. The Morgan fingerprint density at radius 1 is 1.71 bits per heavy atom. The van der Waals surface area contributed by atoms with E-state index in [1.807, 2.05) is 19.1 Å². The zero-order valence-electron chi connectivity index (χ0n) is 9.43. The number of hydrogen-bond acceptors (Lipinski definition) is 4. The summed E-state index contributed by atoms with van der Waals surface area (Å²) in [6, 6.07) is 3.65. The molecule has 2 aromatic heterocycles. The topological polar surface area (TPSA) is 96.9 Å². The molecule has 2 rings (SSSR count). The summed E-state index contributed by atoms with van der Waals surface area (Å²) in [6.45, 7) is 1.90. The molecule has 1 unspecified atom stereocenters. The van der Waals surface area contributed by atoms with Crippen LogP contribution in [0.4, 0.5) is 5.82 Å². The molecule has 4 N–H and O–H groups in total. The van der Waals surface area contributed by atoms with Gasteiger partial charge in [-0.2, -0.15) is 5.10 Å². The molecule has 2 heterocycles. The Labute approximate surface area is 98.2 Å². The van der Waals surface area contributed by atoms with Gasteiger partial charge in [-0.3, -0.25) is 9.89 Å². The van der Waals surface area contributed by atoms with Crippen molar-refractivity contribution in [3.05, 3.63) is 35.9 Å². The van der Waals surface area contributed by atoms with Crippen LogP contribution < -0.4 is 11.1 Å². The zero-order valence-corrected chi connectivity index (χ0v) is 9.43. The van der Waals surface area contributed by atoms with Crippen molar-refractivity contribution in [1.29, 1.82) is 0 Å². The number of carbonyl (C=O) groups excluding carboxylic acids is 1. The number of aromatic nitrogens is 2. The highest BCUT2D eigenvalue weighted by Crippen LogP contribution is 2.08. The number of carbonyl (C=O) groups is 1. The molecule has 2 aromatic rings. The standard InChI is InChI=1S/C11H14N4O2/c1-7(5-8-3-2-4-17-8)14-11(16)9-6-13-15-10(9)12/h2-4,6-7H,5H2,1H3,(H,14,16)(H3,12,13,15). The molecule has 0 aliphatic rings. The van der Waals surface area contributed by atoms with Gasteiger partial charge >= 0.3 is 0 Å². The second kappa shape index (κ2) is 4.73. The fraction of sp³-hybridized carbons (Fsp3) is 0.273. The van der Waals surface area contributed by atoms with Crippen LogP contribution in [0.5, 0.6) is 0 Å². The van der Waals surface area contributed by atoms with E-state index >= 15 is 0 Å². The first-order valence-corrected chi connectivity index (χ1v) is 5.29. The summed E-state index contributed by atoms with van der Waals surface area (Å²) in [5.74, 6) is 0.862. The Balaban J connectivity index is 1.93. The maximum atomic E-state index is 11.8. The number of H-pyrrole nitrogens is 1. The van der Waals surface area contributed by atoms with Crippen LogP contribution in [0.25, 0.3) is 0 Å². The first kappa shape index (κ1) is 11.3. The molecule has 0 radical (unpaired) electrons. The first-order chi connectivity index (χ1) is 8.16. The second-order valence-corrected chi connectivity index (χ2v) is 3.86. The zero-order chi connectivity index (χ0) is 12.3. The average Bonchev–Trinajstić information content (AvgIpc) is 2.88. The summed E-state index contributed by atoms with van der Waals surface area (Å²) < 4.78 is 5.21. The van der Waals surface area contributed by atoms with Gasteiger partial charge in [-0.25, -0.2) is 0 Å². The first-order valence-electron chi connectivity index (χ1n) is 5.29. The van der Waals surface area contributed by atoms with E-state index in [2.05, 4.69) is 15.5 Å².